The summed E-state index contributed by atoms with van der Waals surface area (Å²) in [6.07, 6.45) is 3.84. The molecule has 1 N–H and O–H groups in total. The number of hydrogen-bond acceptors (Lipinski definition) is 4. The van der Waals surface area contributed by atoms with E-state index >= 15 is 0 Å². The molecular formula is C15H15ClN4S. The Morgan fingerprint density at radius 3 is 2.71 bits per heavy atom. The number of benzene rings is 1. The van der Waals surface area contributed by atoms with Crippen molar-refractivity contribution in [1.82, 2.24) is 9.97 Å². The van der Waals surface area contributed by atoms with Gasteiger partial charge in [-0.05, 0) is 18.2 Å². The summed E-state index contributed by atoms with van der Waals surface area (Å²) in [5.41, 5.74) is 2.32. The highest BCUT2D eigenvalue weighted by Gasteiger charge is 2.20. The number of rotatable bonds is 2. The van der Waals surface area contributed by atoms with Crippen LogP contribution < -0.4 is 9.80 Å². The molecule has 21 heavy (non-hydrogen) atoms. The van der Waals surface area contributed by atoms with Gasteiger partial charge in [0.05, 0.1) is 0 Å². The van der Waals surface area contributed by atoms with Crippen LogP contribution >= 0.6 is 22.9 Å². The normalized spacial score (nSPS) is 15.9. The first-order valence-corrected chi connectivity index (χ1v) is 8.23. The molecule has 108 valence electrons. The third-order valence-electron chi connectivity index (χ3n) is 3.92. The van der Waals surface area contributed by atoms with Crippen molar-refractivity contribution >= 4 is 44.7 Å². The number of hydrogen-bond donors (Lipinski definition) is 1. The average Bonchev–Trinajstić information content (AvgIpc) is 3.17. The summed E-state index contributed by atoms with van der Waals surface area (Å²) in [7, 11) is 0. The Kier molecular flexibility index (Phi) is 3.24. The topological polar surface area (TPSA) is 35.2 Å². The average molecular weight is 319 g/mol. The van der Waals surface area contributed by atoms with Crippen LogP contribution in [-0.4, -0.2) is 36.1 Å². The SMILES string of the molecule is Clc1cc(N2CCN(c3nccs3)CC2)c2cc[nH]c2c1. The van der Waals surface area contributed by atoms with E-state index in [0.29, 0.717) is 0 Å². The molecule has 1 aliphatic rings. The minimum absolute atomic E-state index is 0.780. The van der Waals surface area contributed by atoms with E-state index in [9.17, 15) is 0 Å². The van der Waals surface area contributed by atoms with E-state index in [1.807, 2.05) is 23.8 Å². The van der Waals surface area contributed by atoms with Gasteiger partial charge < -0.3 is 14.8 Å². The molecule has 4 rings (SSSR count). The molecule has 1 saturated heterocycles. The van der Waals surface area contributed by atoms with Gasteiger partial charge in [-0.2, -0.15) is 0 Å². The fourth-order valence-corrected chi connectivity index (χ4v) is 3.79. The Morgan fingerprint density at radius 1 is 1.14 bits per heavy atom. The van der Waals surface area contributed by atoms with Crippen LogP contribution in [0.2, 0.25) is 5.02 Å². The van der Waals surface area contributed by atoms with Gasteiger partial charge in [-0.15, -0.1) is 11.3 Å². The molecule has 0 aliphatic carbocycles. The van der Waals surface area contributed by atoms with Gasteiger partial charge in [0.2, 0.25) is 0 Å². The van der Waals surface area contributed by atoms with Crippen LogP contribution in [0.15, 0.2) is 36.0 Å². The Bertz CT molecular complexity index is 744. The molecule has 1 aromatic carbocycles. The van der Waals surface area contributed by atoms with E-state index < -0.39 is 0 Å². The van der Waals surface area contributed by atoms with Crippen molar-refractivity contribution in [3.05, 3.63) is 41.0 Å². The molecule has 3 aromatic rings. The zero-order valence-corrected chi connectivity index (χ0v) is 13.0. The Balaban J connectivity index is 1.59. The van der Waals surface area contributed by atoms with Crippen molar-refractivity contribution in [1.29, 1.82) is 0 Å². The largest absolute Gasteiger partial charge is 0.367 e. The molecule has 4 nitrogen and oxygen atoms in total. The summed E-state index contributed by atoms with van der Waals surface area (Å²) in [6, 6.07) is 6.16. The highest BCUT2D eigenvalue weighted by Crippen LogP contribution is 2.31. The quantitative estimate of drug-likeness (QED) is 0.784. The Labute approximate surface area is 132 Å². The lowest BCUT2D eigenvalue weighted by atomic mass is 10.1. The second kappa shape index (κ2) is 5.24. The summed E-state index contributed by atoms with van der Waals surface area (Å²) in [6.45, 7) is 3.96. The predicted molar refractivity (Wildman–Crippen MR) is 89.8 cm³/mol. The van der Waals surface area contributed by atoms with E-state index in [1.165, 1.54) is 11.1 Å². The van der Waals surface area contributed by atoms with Crippen LogP contribution in [0.1, 0.15) is 0 Å². The maximum atomic E-state index is 6.24. The number of fused-ring (bicyclic) bond motifs is 1. The van der Waals surface area contributed by atoms with E-state index in [-0.39, 0.29) is 0 Å². The van der Waals surface area contributed by atoms with Crippen LogP contribution in [0.4, 0.5) is 10.8 Å². The third kappa shape index (κ3) is 2.36. The summed E-state index contributed by atoms with van der Waals surface area (Å²) in [5.74, 6) is 0. The summed E-state index contributed by atoms with van der Waals surface area (Å²) in [5, 5.41) is 5.17. The molecule has 0 atom stereocenters. The second-order valence-electron chi connectivity index (χ2n) is 5.15. The molecule has 6 heteroatoms. The van der Waals surface area contributed by atoms with E-state index in [4.69, 9.17) is 11.6 Å². The smallest absolute Gasteiger partial charge is 0.185 e. The van der Waals surface area contributed by atoms with Gasteiger partial charge in [-0.3, -0.25) is 0 Å². The lowest BCUT2D eigenvalue weighted by molar-refractivity contribution is 0.653. The van der Waals surface area contributed by atoms with Crippen LogP contribution in [0.5, 0.6) is 0 Å². The molecule has 2 aromatic heterocycles. The van der Waals surface area contributed by atoms with Gasteiger partial charge in [-0.25, -0.2) is 4.98 Å². The fraction of sp³-hybridized carbons (Fsp3) is 0.267. The van der Waals surface area contributed by atoms with Gasteiger partial charge in [0.25, 0.3) is 0 Å². The van der Waals surface area contributed by atoms with Crippen LogP contribution in [-0.2, 0) is 0 Å². The molecule has 0 bridgehead atoms. The minimum atomic E-state index is 0.780. The maximum absolute atomic E-state index is 6.24. The molecule has 0 radical (unpaired) electrons. The molecular weight excluding hydrogens is 304 g/mol. The molecule has 1 fully saturated rings. The zero-order chi connectivity index (χ0) is 14.2. The fourth-order valence-electron chi connectivity index (χ4n) is 2.89. The predicted octanol–water partition coefficient (Wildman–Crippen LogP) is 3.60. The summed E-state index contributed by atoms with van der Waals surface area (Å²) in [4.78, 5) is 12.4. The Morgan fingerprint density at radius 2 is 1.95 bits per heavy atom. The van der Waals surface area contributed by atoms with Crippen LogP contribution in [0, 0.1) is 0 Å². The van der Waals surface area contributed by atoms with Crippen molar-refractivity contribution in [3.8, 4) is 0 Å². The highest BCUT2D eigenvalue weighted by molar-refractivity contribution is 7.13. The third-order valence-corrected chi connectivity index (χ3v) is 4.97. The van der Waals surface area contributed by atoms with Gasteiger partial charge in [0, 0.05) is 65.6 Å². The molecule has 0 saturated carbocycles. The first-order valence-electron chi connectivity index (χ1n) is 6.97. The number of piperazine rings is 1. The molecule has 3 heterocycles. The van der Waals surface area contributed by atoms with Gasteiger partial charge >= 0.3 is 0 Å². The molecule has 0 unspecified atom stereocenters. The molecule has 0 spiro atoms. The van der Waals surface area contributed by atoms with E-state index in [0.717, 1.165) is 41.8 Å². The number of aromatic amines is 1. The number of thiazole rings is 1. The number of halogens is 1. The number of anilines is 2. The van der Waals surface area contributed by atoms with Crippen molar-refractivity contribution in [3.63, 3.8) is 0 Å². The number of nitrogens with zero attached hydrogens (tertiary/aromatic N) is 3. The zero-order valence-electron chi connectivity index (χ0n) is 11.4. The lowest BCUT2D eigenvalue weighted by Gasteiger charge is -2.36. The standard InChI is InChI=1S/C15H15ClN4S/c16-11-9-13-12(1-2-17-13)14(10-11)19-4-6-20(7-5-19)15-18-3-8-21-15/h1-3,8-10,17H,4-7H2. The second-order valence-corrected chi connectivity index (χ2v) is 6.46. The summed E-state index contributed by atoms with van der Waals surface area (Å²) >= 11 is 7.95. The lowest BCUT2D eigenvalue weighted by Crippen LogP contribution is -2.46. The number of H-pyrrole nitrogens is 1. The Hall–Kier alpha value is -1.72. The summed E-state index contributed by atoms with van der Waals surface area (Å²) < 4.78 is 0. The van der Waals surface area contributed by atoms with Crippen molar-refractivity contribution in [2.75, 3.05) is 36.0 Å². The van der Waals surface area contributed by atoms with Crippen LogP contribution in [0.3, 0.4) is 0 Å². The first kappa shape index (κ1) is 13.0. The van der Waals surface area contributed by atoms with Gasteiger partial charge in [0.1, 0.15) is 0 Å². The van der Waals surface area contributed by atoms with Crippen molar-refractivity contribution in [2.24, 2.45) is 0 Å². The van der Waals surface area contributed by atoms with E-state index in [2.05, 4.69) is 31.9 Å². The van der Waals surface area contributed by atoms with Gasteiger partial charge in [0.15, 0.2) is 5.13 Å². The monoisotopic (exact) mass is 318 g/mol. The highest BCUT2D eigenvalue weighted by atomic mass is 35.5. The van der Waals surface area contributed by atoms with E-state index in [1.54, 1.807) is 11.3 Å². The number of aromatic nitrogens is 2. The first-order chi connectivity index (χ1) is 10.3. The van der Waals surface area contributed by atoms with Crippen molar-refractivity contribution < 1.29 is 0 Å². The molecule has 1 aliphatic heterocycles. The minimum Gasteiger partial charge on any atom is -0.367 e. The maximum Gasteiger partial charge on any atom is 0.185 e. The van der Waals surface area contributed by atoms with Gasteiger partial charge in [-0.1, -0.05) is 11.6 Å². The van der Waals surface area contributed by atoms with Crippen molar-refractivity contribution in [2.45, 2.75) is 0 Å². The van der Waals surface area contributed by atoms with Crippen LogP contribution in [0.25, 0.3) is 10.9 Å². The molecule has 0 amide bonds. The number of nitrogens with one attached hydrogen (secondary N) is 1.